The highest BCUT2D eigenvalue weighted by molar-refractivity contribution is 5.38. The molecule has 1 saturated heterocycles. The average Bonchev–Trinajstić information content (AvgIpc) is 2.82. The second kappa shape index (κ2) is 6.20. The molecule has 2 aromatic heterocycles. The summed E-state index contributed by atoms with van der Waals surface area (Å²) in [5, 5.41) is 10.3. The van der Waals surface area contributed by atoms with Crippen molar-refractivity contribution in [1.82, 2.24) is 14.9 Å². The minimum atomic E-state index is -0.315. The second-order valence-electron chi connectivity index (χ2n) is 5.59. The van der Waals surface area contributed by atoms with Crippen LogP contribution >= 0.6 is 0 Å². The van der Waals surface area contributed by atoms with E-state index in [1.807, 2.05) is 30.3 Å². The van der Waals surface area contributed by atoms with Gasteiger partial charge in [0, 0.05) is 49.2 Å². The first-order valence-electron chi connectivity index (χ1n) is 7.22. The largest absolute Gasteiger partial charge is 0.391 e. The molecule has 3 heterocycles. The summed E-state index contributed by atoms with van der Waals surface area (Å²) in [7, 11) is 0. The number of hydrogen-bond acceptors (Lipinski definition) is 5. The van der Waals surface area contributed by atoms with E-state index in [1.165, 1.54) is 0 Å². The quantitative estimate of drug-likeness (QED) is 0.879. The predicted molar refractivity (Wildman–Crippen MR) is 81.4 cm³/mol. The maximum atomic E-state index is 10.3. The van der Waals surface area contributed by atoms with Crippen LogP contribution in [-0.2, 0) is 13.0 Å². The first kappa shape index (κ1) is 14.0. The Labute approximate surface area is 124 Å². The predicted octanol–water partition coefficient (Wildman–Crippen LogP) is 1.09. The van der Waals surface area contributed by atoms with Gasteiger partial charge in [-0.1, -0.05) is 12.1 Å². The molecular weight excluding hydrogens is 264 g/mol. The third-order valence-electron chi connectivity index (χ3n) is 4.00. The summed E-state index contributed by atoms with van der Waals surface area (Å²) >= 11 is 0. The van der Waals surface area contributed by atoms with Crippen molar-refractivity contribution in [3.05, 3.63) is 54.0 Å². The number of likely N-dealkylation sites (tertiary alicyclic amines) is 1. The lowest BCUT2D eigenvalue weighted by Gasteiger charge is -2.16. The number of aliphatic hydroxyl groups excluding tert-OH is 1. The Hall–Kier alpha value is -1.98. The topological polar surface area (TPSA) is 75.3 Å². The second-order valence-corrected chi connectivity index (χ2v) is 5.59. The highest BCUT2D eigenvalue weighted by atomic mass is 16.3. The third kappa shape index (κ3) is 3.37. The van der Waals surface area contributed by atoms with Gasteiger partial charge in [0.05, 0.1) is 6.10 Å². The third-order valence-corrected chi connectivity index (χ3v) is 4.00. The average molecular weight is 284 g/mol. The molecule has 0 saturated carbocycles. The number of anilines is 1. The Kier molecular flexibility index (Phi) is 4.13. The molecule has 3 N–H and O–H groups in total. The van der Waals surface area contributed by atoms with Crippen LogP contribution < -0.4 is 5.73 Å². The normalized spacial score (nSPS) is 22.5. The van der Waals surface area contributed by atoms with Gasteiger partial charge in [0.2, 0.25) is 0 Å². The summed E-state index contributed by atoms with van der Waals surface area (Å²) in [5.74, 6) is 0.790. The van der Waals surface area contributed by atoms with Crippen molar-refractivity contribution < 1.29 is 5.11 Å². The molecule has 0 radical (unpaired) electrons. The van der Waals surface area contributed by atoms with Gasteiger partial charge in [0.1, 0.15) is 5.82 Å². The Balaban J connectivity index is 1.62. The van der Waals surface area contributed by atoms with Gasteiger partial charge in [-0.15, -0.1) is 0 Å². The van der Waals surface area contributed by atoms with Crippen molar-refractivity contribution in [3.8, 4) is 0 Å². The van der Waals surface area contributed by atoms with Crippen LogP contribution in [0.15, 0.2) is 42.7 Å². The Bertz CT molecular complexity index is 590. The van der Waals surface area contributed by atoms with Crippen molar-refractivity contribution >= 4 is 5.82 Å². The lowest BCUT2D eigenvalue weighted by molar-refractivity contribution is 0.140. The van der Waals surface area contributed by atoms with Crippen LogP contribution in [0.2, 0.25) is 0 Å². The lowest BCUT2D eigenvalue weighted by atomic mass is 10.00. The molecule has 0 aromatic carbocycles. The van der Waals surface area contributed by atoms with Crippen LogP contribution in [-0.4, -0.2) is 39.2 Å². The fourth-order valence-corrected chi connectivity index (χ4v) is 2.88. The van der Waals surface area contributed by atoms with Crippen molar-refractivity contribution in [2.45, 2.75) is 19.1 Å². The van der Waals surface area contributed by atoms with Crippen molar-refractivity contribution in [2.75, 3.05) is 18.8 Å². The SMILES string of the molecule is Nc1ncccc1CN1C[C@@H](Cc2ccccn2)[C@H](O)C1. The number of hydrogen-bond donors (Lipinski definition) is 2. The zero-order valence-corrected chi connectivity index (χ0v) is 11.9. The van der Waals surface area contributed by atoms with Gasteiger partial charge in [0.25, 0.3) is 0 Å². The van der Waals surface area contributed by atoms with Crippen molar-refractivity contribution in [3.63, 3.8) is 0 Å². The zero-order valence-electron chi connectivity index (χ0n) is 11.9. The van der Waals surface area contributed by atoms with Gasteiger partial charge in [-0.3, -0.25) is 9.88 Å². The molecule has 1 aliphatic heterocycles. The lowest BCUT2D eigenvalue weighted by Crippen LogP contribution is -2.22. The summed E-state index contributed by atoms with van der Waals surface area (Å²) in [6, 6.07) is 9.78. The number of nitrogens with zero attached hydrogens (tertiary/aromatic N) is 3. The molecule has 0 bridgehead atoms. The maximum absolute atomic E-state index is 10.3. The zero-order chi connectivity index (χ0) is 14.7. The summed E-state index contributed by atoms with van der Waals surface area (Å²) in [5.41, 5.74) is 7.93. The van der Waals surface area contributed by atoms with E-state index in [9.17, 15) is 5.11 Å². The van der Waals surface area contributed by atoms with Crippen LogP contribution in [0.25, 0.3) is 0 Å². The Morgan fingerprint density at radius 2 is 2.00 bits per heavy atom. The maximum Gasteiger partial charge on any atom is 0.127 e. The van der Waals surface area contributed by atoms with E-state index in [0.29, 0.717) is 12.4 Å². The molecule has 21 heavy (non-hydrogen) atoms. The minimum Gasteiger partial charge on any atom is -0.391 e. The number of aliphatic hydroxyl groups is 1. The fourth-order valence-electron chi connectivity index (χ4n) is 2.88. The van der Waals surface area contributed by atoms with E-state index in [0.717, 1.165) is 30.8 Å². The summed E-state index contributed by atoms with van der Waals surface area (Å²) < 4.78 is 0. The van der Waals surface area contributed by atoms with Gasteiger partial charge < -0.3 is 10.8 Å². The van der Waals surface area contributed by atoms with Gasteiger partial charge in [-0.2, -0.15) is 0 Å². The molecule has 3 rings (SSSR count). The molecule has 0 spiro atoms. The molecular formula is C16H20N4O. The number of rotatable bonds is 4. The van der Waals surface area contributed by atoms with E-state index in [-0.39, 0.29) is 12.0 Å². The Morgan fingerprint density at radius 1 is 1.14 bits per heavy atom. The van der Waals surface area contributed by atoms with Crippen LogP contribution in [0.1, 0.15) is 11.3 Å². The van der Waals surface area contributed by atoms with Gasteiger partial charge in [-0.05, 0) is 24.6 Å². The first-order valence-corrected chi connectivity index (χ1v) is 7.22. The van der Waals surface area contributed by atoms with E-state index in [4.69, 9.17) is 5.73 Å². The van der Waals surface area contributed by atoms with Crippen LogP contribution in [0.3, 0.4) is 0 Å². The molecule has 0 unspecified atom stereocenters. The van der Waals surface area contributed by atoms with Gasteiger partial charge in [0.15, 0.2) is 0 Å². The Morgan fingerprint density at radius 3 is 2.76 bits per heavy atom. The molecule has 1 fully saturated rings. The number of β-amino-alcohol motifs (C(OH)–C–C–N with tert-alkyl or cyclic N) is 1. The summed E-state index contributed by atoms with van der Waals surface area (Å²) in [6.45, 7) is 2.26. The van der Waals surface area contributed by atoms with Gasteiger partial charge in [-0.25, -0.2) is 4.98 Å². The van der Waals surface area contributed by atoms with Crippen LogP contribution in [0.5, 0.6) is 0 Å². The fraction of sp³-hybridized carbons (Fsp3) is 0.375. The van der Waals surface area contributed by atoms with E-state index in [2.05, 4.69) is 14.9 Å². The summed E-state index contributed by atoms with van der Waals surface area (Å²) in [4.78, 5) is 10.7. The van der Waals surface area contributed by atoms with E-state index >= 15 is 0 Å². The van der Waals surface area contributed by atoms with Crippen molar-refractivity contribution in [1.29, 1.82) is 0 Å². The molecule has 5 nitrogen and oxygen atoms in total. The standard InChI is InChI=1S/C16H20N4O/c17-16-12(4-3-7-19-16)9-20-10-13(15(21)11-20)8-14-5-1-2-6-18-14/h1-7,13,15,21H,8-11H2,(H2,17,19)/t13-,15-/m1/s1. The van der Waals surface area contributed by atoms with E-state index < -0.39 is 0 Å². The molecule has 5 heteroatoms. The smallest absolute Gasteiger partial charge is 0.127 e. The van der Waals surface area contributed by atoms with Gasteiger partial charge >= 0.3 is 0 Å². The minimum absolute atomic E-state index is 0.220. The molecule has 2 atom stereocenters. The highest BCUT2D eigenvalue weighted by Crippen LogP contribution is 2.23. The number of nitrogens with two attached hydrogens (primary N) is 1. The molecule has 2 aromatic rings. The van der Waals surface area contributed by atoms with Crippen LogP contribution in [0, 0.1) is 5.92 Å². The number of nitrogen functional groups attached to an aromatic ring is 1. The number of aromatic nitrogens is 2. The highest BCUT2D eigenvalue weighted by Gasteiger charge is 2.31. The summed E-state index contributed by atoms with van der Waals surface area (Å²) in [6.07, 6.45) is 3.98. The molecule has 0 amide bonds. The molecule has 1 aliphatic rings. The first-order chi connectivity index (χ1) is 10.2. The molecule has 110 valence electrons. The van der Waals surface area contributed by atoms with Crippen molar-refractivity contribution in [2.24, 2.45) is 5.92 Å². The van der Waals surface area contributed by atoms with E-state index in [1.54, 1.807) is 12.4 Å². The molecule has 0 aliphatic carbocycles. The monoisotopic (exact) mass is 284 g/mol. The van der Waals surface area contributed by atoms with Crippen LogP contribution in [0.4, 0.5) is 5.82 Å². The number of pyridine rings is 2.